The smallest absolute Gasteiger partial charge is 0.338 e. The molecule has 194 valence electrons. The first-order valence-electron chi connectivity index (χ1n) is 13.0. The fourth-order valence-electron chi connectivity index (χ4n) is 5.02. The predicted molar refractivity (Wildman–Crippen MR) is 154 cm³/mol. The number of amidine groups is 1. The maximum atomic E-state index is 13.5. The average Bonchev–Trinajstić information content (AvgIpc) is 2.96. The molecule has 7 heteroatoms. The van der Waals surface area contributed by atoms with Gasteiger partial charge in [-0.05, 0) is 56.0 Å². The number of para-hydroxylation sites is 2. The van der Waals surface area contributed by atoms with E-state index in [2.05, 4.69) is 6.07 Å². The summed E-state index contributed by atoms with van der Waals surface area (Å²) in [6, 6.07) is 27.2. The Balaban J connectivity index is 1.50. The number of thioether (sulfide) groups is 1. The van der Waals surface area contributed by atoms with Gasteiger partial charge in [-0.2, -0.15) is 0 Å². The molecule has 5 rings (SSSR count). The standard InChI is InChI=1S/C31H31N3O3S/c1-3-37-30(36)28-22(2)34(25-17-8-5-9-18-25)31(32-29(28)24-14-6-4-7-15-24)38-21-27(35)33-20-12-16-23-13-10-11-19-26(23)33/h4-11,13-15,17-19,29H,3,12,16,20-21H2,1-2H3/t29-/m0/s1. The topological polar surface area (TPSA) is 62.2 Å². The molecule has 0 fully saturated rings. The third-order valence-corrected chi connectivity index (χ3v) is 7.73. The minimum Gasteiger partial charge on any atom is -0.463 e. The van der Waals surface area contributed by atoms with E-state index in [1.807, 2.05) is 95.6 Å². The first kappa shape index (κ1) is 25.8. The van der Waals surface area contributed by atoms with Crippen LogP contribution < -0.4 is 9.80 Å². The summed E-state index contributed by atoms with van der Waals surface area (Å²) in [5, 5.41) is 0.675. The number of fused-ring (bicyclic) bond motifs is 1. The van der Waals surface area contributed by atoms with Crippen LogP contribution in [0.5, 0.6) is 0 Å². The van der Waals surface area contributed by atoms with Crippen LogP contribution in [0.25, 0.3) is 0 Å². The van der Waals surface area contributed by atoms with Crippen LogP contribution in [-0.4, -0.2) is 35.9 Å². The minimum atomic E-state index is -0.525. The lowest BCUT2D eigenvalue weighted by molar-refractivity contribution is -0.139. The van der Waals surface area contributed by atoms with Gasteiger partial charge in [0, 0.05) is 23.6 Å². The van der Waals surface area contributed by atoms with Gasteiger partial charge in [-0.3, -0.25) is 9.69 Å². The molecule has 3 aromatic carbocycles. The van der Waals surface area contributed by atoms with Crippen molar-refractivity contribution in [1.82, 2.24) is 0 Å². The van der Waals surface area contributed by atoms with Crippen molar-refractivity contribution in [1.29, 1.82) is 0 Å². The molecule has 2 aliphatic rings. The quantitative estimate of drug-likeness (QED) is 0.361. The number of aliphatic imine (C=N–C) groups is 1. The summed E-state index contributed by atoms with van der Waals surface area (Å²) in [5.41, 5.74) is 5.23. The number of carbonyl (C=O) groups is 2. The molecule has 0 aromatic heterocycles. The molecule has 38 heavy (non-hydrogen) atoms. The Morgan fingerprint density at radius 2 is 1.66 bits per heavy atom. The maximum Gasteiger partial charge on any atom is 0.338 e. The highest BCUT2D eigenvalue weighted by atomic mass is 32.2. The number of nitrogens with zero attached hydrogens (tertiary/aromatic N) is 3. The average molecular weight is 526 g/mol. The van der Waals surface area contributed by atoms with Gasteiger partial charge in [-0.1, -0.05) is 78.5 Å². The van der Waals surface area contributed by atoms with Crippen molar-refractivity contribution in [2.24, 2.45) is 4.99 Å². The summed E-state index contributed by atoms with van der Waals surface area (Å²) in [6.45, 7) is 4.72. The molecule has 0 N–H and O–H groups in total. The van der Waals surface area contributed by atoms with Gasteiger partial charge >= 0.3 is 5.97 Å². The Morgan fingerprint density at radius 1 is 0.974 bits per heavy atom. The highest BCUT2D eigenvalue weighted by molar-refractivity contribution is 8.14. The third kappa shape index (κ3) is 5.24. The fraction of sp³-hybridized carbons (Fsp3) is 0.258. The van der Waals surface area contributed by atoms with Crippen LogP contribution in [0.4, 0.5) is 11.4 Å². The molecule has 6 nitrogen and oxygen atoms in total. The van der Waals surface area contributed by atoms with Crippen LogP contribution in [0, 0.1) is 0 Å². The van der Waals surface area contributed by atoms with Crippen LogP contribution >= 0.6 is 11.8 Å². The van der Waals surface area contributed by atoms with Gasteiger partial charge < -0.3 is 9.64 Å². The van der Waals surface area contributed by atoms with E-state index in [1.54, 1.807) is 6.92 Å². The van der Waals surface area contributed by atoms with Crippen molar-refractivity contribution in [2.75, 3.05) is 28.7 Å². The van der Waals surface area contributed by atoms with Gasteiger partial charge in [0.25, 0.3) is 0 Å². The molecular formula is C31H31N3O3S. The van der Waals surface area contributed by atoms with Crippen LogP contribution in [0.3, 0.4) is 0 Å². The summed E-state index contributed by atoms with van der Waals surface area (Å²) >= 11 is 1.40. The second-order valence-electron chi connectivity index (χ2n) is 9.18. The fourth-order valence-corrected chi connectivity index (χ4v) is 5.98. The molecule has 0 radical (unpaired) electrons. The van der Waals surface area contributed by atoms with Gasteiger partial charge in [0.2, 0.25) is 5.91 Å². The molecule has 2 heterocycles. The number of aryl methyl sites for hydroxylation is 1. The van der Waals surface area contributed by atoms with E-state index in [4.69, 9.17) is 9.73 Å². The molecular weight excluding hydrogens is 494 g/mol. The van der Waals surface area contributed by atoms with E-state index in [-0.39, 0.29) is 24.2 Å². The summed E-state index contributed by atoms with van der Waals surface area (Å²) in [4.78, 5) is 35.6. The number of anilines is 2. The lowest BCUT2D eigenvalue weighted by Crippen LogP contribution is -2.39. The minimum absolute atomic E-state index is 0.0481. The number of benzene rings is 3. The number of carbonyl (C=O) groups excluding carboxylic acids is 2. The second-order valence-corrected chi connectivity index (χ2v) is 10.1. The number of esters is 1. The molecule has 0 bridgehead atoms. The summed E-state index contributed by atoms with van der Waals surface area (Å²) in [5.74, 6) is -0.0967. The van der Waals surface area contributed by atoms with Gasteiger partial charge in [0.15, 0.2) is 5.17 Å². The van der Waals surface area contributed by atoms with E-state index in [9.17, 15) is 9.59 Å². The van der Waals surface area contributed by atoms with E-state index in [0.717, 1.165) is 35.5 Å². The number of hydrogen-bond donors (Lipinski definition) is 0. The Morgan fingerprint density at radius 3 is 2.39 bits per heavy atom. The lowest BCUT2D eigenvalue weighted by Gasteiger charge is -2.35. The van der Waals surface area contributed by atoms with E-state index < -0.39 is 6.04 Å². The first-order valence-corrected chi connectivity index (χ1v) is 13.9. The highest BCUT2D eigenvalue weighted by Crippen LogP contribution is 2.39. The second kappa shape index (κ2) is 11.7. The monoisotopic (exact) mass is 525 g/mol. The molecule has 0 unspecified atom stereocenters. The Labute approximate surface area is 228 Å². The van der Waals surface area contributed by atoms with Crippen LogP contribution in [0.2, 0.25) is 0 Å². The molecule has 2 aliphatic heterocycles. The largest absolute Gasteiger partial charge is 0.463 e. The van der Waals surface area contributed by atoms with Crippen molar-refractivity contribution in [3.05, 3.63) is 107 Å². The zero-order chi connectivity index (χ0) is 26.5. The maximum absolute atomic E-state index is 13.5. The Hall–Kier alpha value is -3.84. The van der Waals surface area contributed by atoms with Crippen LogP contribution in [0.15, 0.2) is 101 Å². The normalized spacial score (nSPS) is 17.1. The number of hydrogen-bond acceptors (Lipinski definition) is 6. The highest BCUT2D eigenvalue weighted by Gasteiger charge is 2.35. The Kier molecular flexibility index (Phi) is 7.94. The molecule has 3 aromatic rings. The molecule has 0 aliphatic carbocycles. The molecule has 1 amide bonds. The summed E-state index contributed by atoms with van der Waals surface area (Å²) in [6.07, 6.45) is 1.94. The van der Waals surface area contributed by atoms with E-state index in [1.165, 1.54) is 17.3 Å². The van der Waals surface area contributed by atoms with E-state index >= 15 is 0 Å². The summed E-state index contributed by atoms with van der Waals surface area (Å²) in [7, 11) is 0. The lowest BCUT2D eigenvalue weighted by atomic mass is 9.96. The number of rotatable bonds is 6. The summed E-state index contributed by atoms with van der Waals surface area (Å²) < 4.78 is 5.47. The zero-order valence-electron chi connectivity index (χ0n) is 21.7. The van der Waals surface area contributed by atoms with Crippen molar-refractivity contribution >= 4 is 40.2 Å². The molecule has 0 saturated carbocycles. The number of ether oxygens (including phenoxy) is 1. The van der Waals surface area contributed by atoms with Crippen molar-refractivity contribution < 1.29 is 14.3 Å². The van der Waals surface area contributed by atoms with E-state index in [0.29, 0.717) is 17.3 Å². The SMILES string of the molecule is CCOC(=O)C1=C(C)N(c2ccccc2)C(SCC(=O)N2CCCc3ccccc32)=N[C@H]1c1ccccc1. The van der Waals surface area contributed by atoms with Crippen LogP contribution in [-0.2, 0) is 20.7 Å². The third-order valence-electron chi connectivity index (χ3n) is 6.79. The van der Waals surface area contributed by atoms with Crippen molar-refractivity contribution in [2.45, 2.75) is 32.7 Å². The van der Waals surface area contributed by atoms with Gasteiger partial charge in [-0.25, -0.2) is 9.79 Å². The first-order chi connectivity index (χ1) is 18.6. The van der Waals surface area contributed by atoms with Crippen molar-refractivity contribution in [3.8, 4) is 0 Å². The molecule has 0 spiro atoms. The van der Waals surface area contributed by atoms with Gasteiger partial charge in [-0.15, -0.1) is 0 Å². The molecule has 0 saturated heterocycles. The Bertz CT molecular complexity index is 1370. The predicted octanol–water partition coefficient (Wildman–Crippen LogP) is 6.15. The number of amides is 1. The zero-order valence-corrected chi connectivity index (χ0v) is 22.5. The molecule has 1 atom stereocenters. The van der Waals surface area contributed by atoms with Gasteiger partial charge in [0.05, 0.1) is 17.9 Å². The van der Waals surface area contributed by atoms with Crippen LogP contribution in [0.1, 0.15) is 37.4 Å². The number of allylic oxidation sites excluding steroid dienone is 1. The van der Waals surface area contributed by atoms with Crippen molar-refractivity contribution in [3.63, 3.8) is 0 Å². The van der Waals surface area contributed by atoms with Gasteiger partial charge in [0.1, 0.15) is 6.04 Å².